The monoisotopic (exact) mass is 378 g/mol. The van der Waals surface area contributed by atoms with Gasteiger partial charge in [-0.1, -0.05) is 102 Å². The van der Waals surface area contributed by atoms with Crippen LogP contribution < -0.4 is 0 Å². The van der Waals surface area contributed by atoms with Crippen LogP contribution in [-0.2, 0) is 0 Å². The van der Waals surface area contributed by atoms with Crippen molar-refractivity contribution in [3.8, 4) is 0 Å². The average Bonchev–Trinajstić information content (AvgIpc) is 2.96. The van der Waals surface area contributed by atoms with E-state index in [1.54, 1.807) is 0 Å². The fourth-order valence-corrected chi connectivity index (χ4v) is 6.24. The summed E-state index contributed by atoms with van der Waals surface area (Å²) in [7, 11) is 0. The van der Waals surface area contributed by atoms with Crippen molar-refractivity contribution in [3.05, 3.63) is 0 Å². The van der Waals surface area contributed by atoms with Gasteiger partial charge < -0.3 is 0 Å². The van der Waals surface area contributed by atoms with Crippen LogP contribution in [0.15, 0.2) is 0 Å². The first kappa shape index (κ1) is 25.0. The van der Waals surface area contributed by atoms with E-state index in [2.05, 4.69) is 83.1 Å². The van der Waals surface area contributed by atoms with Crippen LogP contribution in [0, 0.1) is 45.3 Å². The minimum atomic E-state index is 0.498. The summed E-state index contributed by atoms with van der Waals surface area (Å²) >= 11 is 0. The predicted molar refractivity (Wildman–Crippen MR) is 124 cm³/mol. The topological polar surface area (TPSA) is 0 Å². The van der Waals surface area contributed by atoms with Crippen LogP contribution in [0.5, 0.6) is 0 Å². The first-order chi connectivity index (χ1) is 12.0. The third-order valence-electron chi connectivity index (χ3n) is 7.73. The first-order valence-corrected chi connectivity index (χ1v) is 12.0. The normalized spacial score (nSPS) is 30.7. The molecule has 2 aliphatic rings. The first-order valence-electron chi connectivity index (χ1n) is 12.0. The largest absolute Gasteiger partial charge is 0.0599 e. The smallest absolute Gasteiger partial charge is 0.0332 e. The Kier molecular flexibility index (Phi) is 8.15. The molecule has 2 rings (SSSR count). The summed E-state index contributed by atoms with van der Waals surface area (Å²) in [4.78, 5) is 0. The van der Waals surface area contributed by atoms with E-state index in [1.165, 1.54) is 44.9 Å². The molecule has 0 saturated heterocycles. The summed E-state index contributed by atoms with van der Waals surface area (Å²) in [5, 5.41) is 0. The molecule has 0 heterocycles. The standard InChI is InChI=1S/C14H28.C13H26/c1-13(2,3)11-9-7-8-10-12(11)14(4,5)6;1-12(2,3)10-8-7-9-11(10)13(4,5)6/h11-12H,7-10H2,1-6H3;10-11H,7-9H2,1-6H3. The Morgan fingerprint density at radius 3 is 0.704 bits per heavy atom. The Bertz CT molecular complexity index is 387. The Labute approximate surface area is 173 Å². The Hall–Kier alpha value is 0. The lowest BCUT2D eigenvalue weighted by molar-refractivity contribution is 0.0335. The van der Waals surface area contributed by atoms with Crippen LogP contribution in [0.2, 0.25) is 0 Å². The van der Waals surface area contributed by atoms with Crippen LogP contribution in [0.25, 0.3) is 0 Å². The lowest BCUT2D eigenvalue weighted by atomic mass is 9.59. The molecule has 0 radical (unpaired) electrons. The molecular weight excluding hydrogens is 324 g/mol. The van der Waals surface area contributed by atoms with Gasteiger partial charge in [-0.15, -0.1) is 0 Å². The second kappa shape index (κ2) is 8.79. The molecule has 2 aliphatic carbocycles. The molecule has 0 aromatic rings. The lowest BCUT2D eigenvalue weighted by Crippen LogP contribution is -2.38. The SMILES string of the molecule is CC(C)(C)C1CCCC1C(C)(C)C.CC(C)(C)C1CCCCC1C(C)(C)C. The van der Waals surface area contributed by atoms with Crippen molar-refractivity contribution in [1.82, 2.24) is 0 Å². The molecule has 2 saturated carbocycles. The highest BCUT2D eigenvalue weighted by molar-refractivity contribution is 4.91. The van der Waals surface area contributed by atoms with Crippen molar-refractivity contribution < 1.29 is 0 Å². The molecule has 0 aromatic heterocycles. The van der Waals surface area contributed by atoms with Crippen molar-refractivity contribution in [2.75, 3.05) is 0 Å². The summed E-state index contributed by atoms with van der Waals surface area (Å²) in [5.41, 5.74) is 2.01. The fraction of sp³-hybridized carbons (Fsp3) is 1.00. The van der Waals surface area contributed by atoms with Gasteiger partial charge in [0.2, 0.25) is 0 Å². The minimum Gasteiger partial charge on any atom is -0.0599 e. The van der Waals surface area contributed by atoms with Crippen molar-refractivity contribution in [2.24, 2.45) is 45.3 Å². The molecular formula is C27H54. The van der Waals surface area contributed by atoms with Gasteiger partial charge in [-0.05, 0) is 71.0 Å². The molecule has 4 unspecified atom stereocenters. The molecule has 0 amide bonds. The zero-order valence-corrected chi connectivity index (χ0v) is 21.3. The summed E-state index contributed by atoms with van der Waals surface area (Å²) in [6, 6.07) is 0. The van der Waals surface area contributed by atoms with Crippen molar-refractivity contribution in [2.45, 2.75) is 128 Å². The highest BCUT2D eigenvalue weighted by Gasteiger charge is 2.41. The van der Waals surface area contributed by atoms with Gasteiger partial charge in [-0.2, -0.15) is 0 Å². The molecule has 2 fully saturated rings. The molecule has 0 bridgehead atoms. The third kappa shape index (κ3) is 7.40. The van der Waals surface area contributed by atoms with E-state index in [-0.39, 0.29) is 0 Å². The molecule has 0 nitrogen and oxygen atoms in total. The molecule has 0 aliphatic heterocycles. The predicted octanol–water partition coefficient (Wildman–Crippen LogP) is 9.38. The summed E-state index contributed by atoms with van der Waals surface area (Å²) in [6.45, 7) is 28.9. The zero-order valence-electron chi connectivity index (χ0n) is 21.3. The summed E-state index contributed by atoms with van der Waals surface area (Å²) in [6.07, 6.45) is 10.2. The van der Waals surface area contributed by atoms with Crippen LogP contribution >= 0.6 is 0 Å². The quantitative estimate of drug-likeness (QED) is 0.393. The van der Waals surface area contributed by atoms with Crippen molar-refractivity contribution in [1.29, 1.82) is 0 Å². The number of hydrogen-bond donors (Lipinski definition) is 0. The van der Waals surface area contributed by atoms with E-state index in [0.29, 0.717) is 21.7 Å². The highest BCUT2D eigenvalue weighted by Crippen LogP contribution is 2.51. The Morgan fingerprint density at radius 2 is 0.519 bits per heavy atom. The maximum absolute atomic E-state index is 2.42. The van der Waals surface area contributed by atoms with Crippen LogP contribution in [0.3, 0.4) is 0 Å². The Balaban J connectivity index is 0.000000271. The lowest BCUT2D eigenvalue weighted by Gasteiger charge is -2.46. The van der Waals surface area contributed by atoms with Crippen LogP contribution in [-0.4, -0.2) is 0 Å². The maximum atomic E-state index is 2.42. The molecule has 162 valence electrons. The number of rotatable bonds is 0. The molecule has 0 N–H and O–H groups in total. The molecule has 0 aromatic carbocycles. The maximum Gasteiger partial charge on any atom is -0.0332 e. The second-order valence-electron chi connectivity index (χ2n) is 14.1. The Morgan fingerprint density at radius 1 is 0.333 bits per heavy atom. The van der Waals surface area contributed by atoms with Gasteiger partial charge in [0, 0.05) is 0 Å². The van der Waals surface area contributed by atoms with E-state index in [1.807, 2.05) is 0 Å². The van der Waals surface area contributed by atoms with Gasteiger partial charge in [0.1, 0.15) is 0 Å². The van der Waals surface area contributed by atoms with E-state index in [4.69, 9.17) is 0 Å². The van der Waals surface area contributed by atoms with Gasteiger partial charge in [-0.3, -0.25) is 0 Å². The number of hydrogen-bond acceptors (Lipinski definition) is 0. The van der Waals surface area contributed by atoms with Crippen LogP contribution in [0.1, 0.15) is 128 Å². The van der Waals surface area contributed by atoms with E-state index in [0.717, 1.165) is 23.7 Å². The van der Waals surface area contributed by atoms with Crippen molar-refractivity contribution >= 4 is 0 Å². The van der Waals surface area contributed by atoms with E-state index in [9.17, 15) is 0 Å². The highest BCUT2D eigenvalue weighted by atomic mass is 14.5. The minimum absolute atomic E-state index is 0.498. The van der Waals surface area contributed by atoms with E-state index < -0.39 is 0 Å². The summed E-state index contributed by atoms with van der Waals surface area (Å²) in [5.74, 6) is 3.73. The zero-order chi connectivity index (χ0) is 21.3. The van der Waals surface area contributed by atoms with Gasteiger partial charge in [0.15, 0.2) is 0 Å². The van der Waals surface area contributed by atoms with Gasteiger partial charge in [0.25, 0.3) is 0 Å². The van der Waals surface area contributed by atoms with Gasteiger partial charge >= 0.3 is 0 Å². The average molecular weight is 379 g/mol. The molecule has 0 heteroatoms. The second-order valence-corrected chi connectivity index (χ2v) is 14.1. The third-order valence-corrected chi connectivity index (χ3v) is 7.73. The molecule has 27 heavy (non-hydrogen) atoms. The van der Waals surface area contributed by atoms with Crippen molar-refractivity contribution in [3.63, 3.8) is 0 Å². The fourth-order valence-electron chi connectivity index (χ4n) is 6.24. The summed E-state index contributed by atoms with van der Waals surface area (Å²) < 4.78 is 0. The van der Waals surface area contributed by atoms with Crippen LogP contribution in [0.4, 0.5) is 0 Å². The van der Waals surface area contributed by atoms with Gasteiger partial charge in [0.05, 0.1) is 0 Å². The molecule has 4 atom stereocenters. The molecule has 0 spiro atoms. The van der Waals surface area contributed by atoms with E-state index >= 15 is 0 Å². The van der Waals surface area contributed by atoms with Gasteiger partial charge in [-0.25, -0.2) is 0 Å².